The van der Waals surface area contributed by atoms with Crippen LogP contribution in [0.25, 0.3) is 49.7 Å². The maximum atomic E-state index is 14.4. The Hall–Kier alpha value is -7.55. The minimum atomic E-state index is -0.683. The molecule has 326 valence electrons. The molecule has 64 heavy (non-hydrogen) atoms. The summed E-state index contributed by atoms with van der Waals surface area (Å²) in [5, 5.41) is 9.72. The van der Waals surface area contributed by atoms with Crippen molar-refractivity contribution in [3.8, 4) is 22.5 Å². The molecule has 4 aromatic carbocycles. The maximum absolute atomic E-state index is 14.4. The third-order valence-electron chi connectivity index (χ3n) is 10.3. The van der Waals surface area contributed by atoms with Gasteiger partial charge < -0.3 is 16.8 Å². The van der Waals surface area contributed by atoms with E-state index in [9.17, 15) is 23.2 Å². The summed E-state index contributed by atoms with van der Waals surface area (Å²) in [7, 11) is 0. The molecule has 15 heteroatoms. The summed E-state index contributed by atoms with van der Waals surface area (Å²) in [6.07, 6.45) is 4.89. The van der Waals surface area contributed by atoms with E-state index in [0.29, 0.717) is 49.6 Å². The Morgan fingerprint density at radius 3 is 1.97 bits per heavy atom. The number of hydrogen-bond donors (Lipinski definition) is 3. The van der Waals surface area contributed by atoms with Gasteiger partial charge in [-0.2, -0.15) is 0 Å². The average molecular weight is 882 g/mol. The molecule has 0 saturated carbocycles. The number of pyridine rings is 3. The molecule has 0 saturated heterocycles. The number of amides is 1. The van der Waals surface area contributed by atoms with Crippen LogP contribution in [0.3, 0.4) is 0 Å². The van der Waals surface area contributed by atoms with Gasteiger partial charge in [-0.15, -0.1) is 5.10 Å². The maximum Gasteiger partial charge on any atom is 0.264 e. The molecule has 1 amide bonds. The van der Waals surface area contributed by atoms with Crippen molar-refractivity contribution in [3.63, 3.8) is 0 Å². The SMILES string of the molecule is C.C.C[C@H](N)c1cc2cccc(Cl)c2c(=O)n1-c1cccc(F)c1.Cc1cc(-c2cccc3cc([C@H](C)NC(=O)c4c(N)nn5cccnc45)n(-c4cccc(F)c4)c(=O)c23)ccn1. The summed E-state index contributed by atoms with van der Waals surface area (Å²) in [6, 6.07) is 30.5. The van der Waals surface area contributed by atoms with Gasteiger partial charge in [0.25, 0.3) is 17.0 Å². The number of aryl methyl sites for hydroxylation is 1. The highest BCUT2D eigenvalue weighted by Crippen LogP contribution is 2.30. The van der Waals surface area contributed by atoms with Gasteiger partial charge in [0.15, 0.2) is 11.5 Å². The number of carbonyl (C=O) groups excluding carboxylic acids is 1. The molecule has 0 fully saturated rings. The largest absolute Gasteiger partial charge is 0.381 e. The quantitative estimate of drug-likeness (QED) is 0.142. The number of nitrogens with two attached hydrogens (primary N) is 2. The highest BCUT2D eigenvalue weighted by molar-refractivity contribution is 6.35. The molecule has 9 aromatic rings. The number of hydrogen-bond acceptors (Lipinski definition) is 8. The third kappa shape index (κ3) is 8.73. The fourth-order valence-electron chi connectivity index (χ4n) is 7.56. The molecule has 5 N–H and O–H groups in total. The summed E-state index contributed by atoms with van der Waals surface area (Å²) < 4.78 is 32.2. The predicted molar refractivity (Wildman–Crippen MR) is 251 cm³/mol. The van der Waals surface area contributed by atoms with E-state index in [1.807, 2.05) is 55.5 Å². The van der Waals surface area contributed by atoms with Gasteiger partial charge in [0.05, 0.1) is 33.2 Å². The van der Waals surface area contributed by atoms with Crippen molar-refractivity contribution < 1.29 is 13.6 Å². The zero-order chi connectivity index (χ0) is 43.8. The first-order valence-corrected chi connectivity index (χ1v) is 19.8. The summed E-state index contributed by atoms with van der Waals surface area (Å²) in [5.74, 6) is -1.38. The van der Waals surface area contributed by atoms with E-state index in [4.69, 9.17) is 23.1 Å². The summed E-state index contributed by atoms with van der Waals surface area (Å²) in [4.78, 5) is 49.1. The van der Waals surface area contributed by atoms with Gasteiger partial charge in [0.2, 0.25) is 0 Å². The average Bonchev–Trinajstić information content (AvgIpc) is 3.59. The molecule has 9 rings (SSSR count). The van der Waals surface area contributed by atoms with Crippen LogP contribution in [0.2, 0.25) is 5.02 Å². The number of anilines is 1. The van der Waals surface area contributed by atoms with E-state index < -0.39 is 23.6 Å². The lowest BCUT2D eigenvalue weighted by atomic mass is 9.98. The molecule has 0 aliphatic heterocycles. The Morgan fingerprint density at radius 2 is 1.33 bits per heavy atom. The van der Waals surface area contributed by atoms with Crippen molar-refractivity contribution in [1.82, 2.24) is 34.0 Å². The van der Waals surface area contributed by atoms with E-state index in [-0.39, 0.29) is 43.4 Å². The number of nitrogens with zero attached hydrogens (tertiary/aromatic N) is 6. The van der Waals surface area contributed by atoms with Crippen LogP contribution in [0.4, 0.5) is 14.6 Å². The van der Waals surface area contributed by atoms with Crippen LogP contribution < -0.4 is 27.9 Å². The highest BCUT2D eigenvalue weighted by atomic mass is 35.5. The first-order chi connectivity index (χ1) is 29.8. The van der Waals surface area contributed by atoms with Crippen LogP contribution in [0.15, 0.2) is 143 Å². The van der Waals surface area contributed by atoms with E-state index in [2.05, 4.69) is 20.4 Å². The van der Waals surface area contributed by atoms with Crippen molar-refractivity contribution in [1.29, 1.82) is 0 Å². The molecule has 0 bridgehead atoms. The number of rotatable bonds is 7. The van der Waals surface area contributed by atoms with Gasteiger partial charge in [-0.05, 0) is 115 Å². The van der Waals surface area contributed by atoms with Crippen LogP contribution in [0.5, 0.6) is 0 Å². The minimum absolute atomic E-state index is 0. The molecule has 2 atom stereocenters. The topological polar surface area (TPSA) is 168 Å². The van der Waals surface area contributed by atoms with Gasteiger partial charge in [0.1, 0.15) is 17.2 Å². The molecule has 0 aliphatic rings. The number of fused-ring (bicyclic) bond motifs is 3. The Bertz CT molecular complexity index is 3330. The van der Waals surface area contributed by atoms with Crippen molar-refractivity contribution in [2.45, 2.75) is 47.7 Å². The fraction of sp³-hybridized carbons (Fsp3) is 0.143. The second kappa shape index (κ2) is 18.8. The Balaban J connectivity index is 0.000000241. The van der Waals surface area contributed by atoms with Gasteiger partial charge in [0, 0.05) is 41.7 Å². The number of nitrogen functional groups attached to an aromatic ring is 1. The summed E-state index contributed by atoms with van der Waals surface area (Å²) in [5.41, 5.74) is 16.0. The molecular formula is C49H46ClF2N9O3. The Kier molecular flexibility index (Phi) is 13.5. The lowest BCUT2D eigenvalue weighted by molar-refractivity contribution is 0.0941. The third-order valence-corrected chi connectivity index (χ3v) is 10.7. The predicted octanol–water partition coefficient (Wildman–Crippen LogP) is 9.69. The molecule has 0 aliphatic carbocycles. The number of aromatic nitrogens is 6. The molecule has 12 nitrogen and oxygen atoms in total. The number of halogens is 3. The molecule has 5 aromatic heterocycles. The second-order valence-corrected chi connectivity index (χ2v) is 15.1. The van der Waals surface area contributed by atoms with Crippen molar-refractivity contribution in [2.24, 2.45) is 5.73 Å². The van der Waals surface area contributed by atoms with Crippen LogP contribution >= 0.6 is 11.6 Å². The fourth-order valence-corrected chi connectivity index (χ4v) is 7.82. The van der Waals surface area contributed by atoms with E-state index in [1.54, 1.807) is 68.8 Å². The van der Waals surface area contributed by atoms with Gasteiger partial charge in [-0.3, -0.25) is 28.5 Å². The minimum Gasteiger partial charge on any atom is -0.381 e. The normalized spacial score (nSPS) is 11.9. The standard InChI is InChI=1S/C30H24FN7O2.C17H14ClFN2O.2CH4/c1-17-14-19(10-12-33-17)23-9-3-6-20-15-24(38(30(40)25(20)23)22-8-4-7-21(31)16-22)18(2)35-29(39)26-27(32)36-37-13-5-11-34-28(26)37;1-10(20)15-8-11-4-2-7-14(18)16(11)17(22)21(15)13-6-3-5-12(19)9-13;;/h3-16,18H,1-2H3,(H2,32,36)(H,35,39);2-10H,20H2,1H3;2*1H4/t18-;10-;;/m00../s1. The van der Waals surface area contributed by atoms with Gasteiger partial charge >= 0.3 is 0 Å². The number of nitrogens with one attached hydrogen (secondary N) is 1. The van der Waals surface area contributed by atoms with Crippen LogP contribution in [-0.2, 0) is 0 Å². The first kappa shape index (κ1) is 46.0. The van der Waals surface area contributed by atoms with E-state index >= 15 is 0 Å². The first-order valence-electron chi connectivity index (χ1n) is 19.4. The van der Waals surface area contributed by atoms with Crippen LogP contribution in [0.1, 0.15) is 68.2 Å². The van der Waals surface area contributed by atoms with E-state index in [0.717, 1.165) is 22.2 Å². The second-order valence-electron chi connectivity index (χ2n) is 14.7. The Labute approximate surface area is 372 Å². The van der Waals surface area contributed by atoms with Gasteiger partial charge in [-0.25, -0.2) is 18.3 Å². The van der Waals surface area contributed by atoms with E-state index in [1.165, 1.54) is 44.0 Å². The van der Waals surface area contributed by atoms with Crippen molar-refractivity contribution in [3.05, 3.63) is 194 Å². The van der Waals surface area contributed by atoms with Crippen LogP contribution in [-0.4, -0.2) is 34.6 Å². The zero-order valence-corrected chi connectivity index (χ0v) is 34.3. The van der Waals surface area contributed by atoms with Crippen molar-refractivity contribution >= 4 is 50.5 Å². The zero-order valence-electron chi connectivity index (χ0n) is 33.6. The Morgan fingerprint density at radius 1 is 0.734 bits per heavy atom. The summed E-state index contributed by atoms with van der Waals surface area (Å²) >= 11 is 6.17. The smallest absolute Gasteiger partial charge is 0.264 e. The molecule has 5 heterocycles. The number of carbonyl (C=O) groups is 1. The van der Waals surface area contributed by atoms with Gasteiger partial charge in [-0.1, -0.05) is 68.9 Å². The van der Waals surface area contributed by atoms with Crippen molar-refractivity contribution in [2.75, 3.05) is 5.73 Å². The molecule has 0 unspecified atom stereocenters. The molecular weight excluding hydrogens is 836 g/mol. The monoisotopic (exact) mass is 881 g/mol. The molecule has 0 spiro atoms. The lowest BCUT2D eigenvalue weighted by Gasteiger charge is -2.22. The highest BCUT2D eigenvalue weighted by Gasteiger charge is 2.25. The number of benzene rings is 4. The lowest BCUT2D eigenvalue weighted by Crippen LogP contribution is -2.32. The van der Waals surface area contributed by atoms with Crippen LogP contribution in [0, 0.1) is 18.6 Å². The summed E-state index contributed by atoms with van der Waals surface area (Å²) in [6.45, 7) is 5.41. The molecule has 0 radical (unpaired) electrons.